The molecule has 0 saturated carbocycles. The van der Waals surface area contributed by atoms with Gasteiger partial charge in [0, 0.05) is 5.92 Å². The van der Waals surface area contributed by atoms with Gasteiger partial charge in [-0.05, 0) is 6.92 Å². The summed E-state index contributed by atoms with van der Waals surface area (Å²) in [5.74, 6) is 0.0928. The van der Waals surface area contributed by atoms with E-state index in [4.69, 9.17) is 14.2 Å². The van der Waals surface area contributed by atoms with Crippen LogP contribution in [0.3, 0.4) is 0 Å². The van der Waals surface area contributed by atoms with Gasteiger partial charge in [0.2, 0.25) is 0 Å². The van der Waals surface area contributed by atoms with Crippen molar-refractivity contribution in [2.24, 2.45) is 11.8 Å². The van der Waals surface area contributed by atoms with Crippen LogP contribution in [0.1, 0.15) is 6.92 Å². The van der Waals surface area contributed by atoms with Crippen molar-refractivity contribution in [1.82, 2.24) is 0 Å². The molecule has 4 heteroatoms. The fraction of sp³-hybridized carbons (Fsp3) is 0.889. The number of carbonyl (C=O) groups excluding carboxylic acids is 1. The van der Waals surface area contributed by atoms with E-state index in [-0.39, 0.29) is 41.7 Å². The van der Waals surface area contributed by atoms with Crippen LogP contribution < -0.4 is 0 Å². The molecule has 4 heterocycles. The first kappa shape index (κ1) is 6.79. The summed E-state index contributed by atoms with van der Waals surface area (Å²) in [5, 5.41) is 0. The molecule has 0 aromatic heterocycles. The SMILES string of the molecule is CC12OC(C3OC31)C1C(=O)OCC12. The molecule has 0 aromatic rings. The van der Waals surface area contributed by atoms with E-state index >= 15 is 0 Å². The number of fused-ring (bicyclic) bond motifs is 8. The summed E-state index contributed by atoms with van der Waals surface area (Å²) in [7, 11) is 0. The maximum atomic E-state index is 11.4. The summed E-state index contributed by atoms with van der Waals surface area (Å²) in [6, 6.07) is 0. The van der Waals surface area contributed by atoms with E-state index in [2.05, 4.69) is 0 Å². The monoisotopic (exact) mass is 182 g/mol. The van der Waals surface area contributed by atoms with Crippen LogP contribution >= 0.6 is 0 Å². The van der Waals surface area contributed by atoms with Gasteiger partial charge in [0.05, 0.1) is 12.5 Å². The minimum atomic E-state index is -0.244. The molecule has 0 spiro atoms. The molecule has 4 fully saturated rings. The molecule has 0 aromatic carbocycles. The van der Waals surface area contributed by atoms with Crippen molar-refractivity contribution < 1.29 is 19.0 Å². The molecule has 6 unspecified atom stereocenters. The van der Waals surface area contributed by atoms with E-state index in [1.807, 2.05) is 6.92 Å². The first-order chi connectivity index (χ1) is 6.22. The molecule has 0 N–H and O–H groups in total. The Hall–Kier alpha value is -0.610. The third-order valence-corrected chi connectivity index (χ3v) is 4.01. The van der Waals surface area contributed by atoms with Crippen LogP contribution in [0.2, 0.25) is 0 Å². The Morgan fingerprint density at radius 2 is 2.31 bits per heavy atom. The average Bonchev–Trinajstić information content (AvgIpc) is 2.64. The van der Waals surface area contributed by atoms with Gasteiger partial charge < -0.3 is 14.2 Å². The third-order valence-electron chi connectivity index (χ3n) is 4.01. The van der Waals surface area contributed by atoms with Gasteiger partial charge in [0.25, 0.3) is 0 Å². The van der Waals surface area contributed by atoms with Crippen molar-refractivity contribution in [3.63, 3.8) is 0 Å². The van der Waals surface area contributed by atoms with Gasteiger partial charge in [0.15, 0.2) is 0 Å². The highest BCUT2D eigenvalue weighted by Crippen LogP contribution is 2.61. The summed E-state index contributed by atoms with van der Waals surface area (Å²) >= 11 is 0. The highest BCUT2D eigenvalue weighted by Gasteiger charge is 2.78. The number of cyclic esters (lactones) is 1. The zero-order chi connectivity index (χ0) is 8.79. The second-order valence-electron chi connectivity index (χ2n) is 4.55. The molecule has 6 atom stereocenters. The summed E-state index contributed by atoms with van der Waals surface area (Å²) < 4.78 is 16.4. The van der Waals surface area contributed by atoms with Crippen molar-refractivity contribution in [1.29, 1.82) is 0 Å². The molecule has 13 heavy (non-hydrogen) atoms. The van der Waals surface area contributed by atoms with Gasteiger partial charge in [0.1, 0.15) is 23.9 Å². The Morgan fingerprint density at radius 3 is 3.15 bits per heavy atom. The van der Waals surface area contributed by atoms with Gasteiger partial charge in [-0.25, -0.2) is 0 Å². The predicted octanol–water partition coefficient (Wildman–Crippen LogP) is -0.286. The zero-order valence-electron chi connectivity index (χ0n) is 7.23. The lowest BCUT2D eigenvalue weighted by atomic mass is 9.74. The van der Waals surface area contributed by atoms with E-state index in [9.17, 15) is 4.79 Å². The third kappa shape index (κ3) is 0.533. The molecule has 2 bridgehead atoms. The average molecular weight is 182 g/mol. The smallest absolute Gasteiger partial charge is 0.312 e. The Bertz CT molecular complexity index is 315. The summed E-state index contributed by atoms with van der Waals surface area (Å²) in [5.41, 5.74) is -0.244. The molecule has 0 aliphatic carbocycles. The highest BCUT2D eigenvalue weighted by atomic mass is 16.7. The maximum Gasteiger partial charge on any atom is 0.312 e. The van der Waals surface area contributed by atoms with Gasteiger partial charge in [-0.2, -0.15) is 0 Å². The van der Waals surface area contributed by atoms with E-state index in [0.29, 0.717) is 6.61 Å². The van der Waals surface area contributed by atoms with E-state index in [0.717, 1.165) is 0 Å². The van der Waals surface area contributed by atoms with Gasteiger partial charge in [-0.15, -0.1) is 0 Å². The molecule has 0 amide bonds. The molecule has 4 nitrogen and oxygen atoms in total. The van der Waals surface area contributed by atoms with Crippen LogP contribution in [0, 0.1) is 11.8 Å². The largest absolute Gasteiger partial charge is 0.465 e. The molecule has 4 saturated heterocycles. The number of hydrogen-bond donors (Lipinski definition) is 0. The second kappa shape index (κ2) is 1.64. The zero-order valence-corrected chi connectivity index (χ0v) is 7.23. The number of hydrogen-bond acceptors (Lipinski definition) is 4. The normalized spacial score (nSPS) is 66.2. The Balaban J connectivity index is 1.85. The molecule has 4 aliphatic heterocycles. The fourth-order valence-electron chi connectivity index (χ4n) is 3.26. The lowest BCUT2D eigenvalue weighted by Crippen LogP contribution is -2.41. The van der Waals surface area contributed by atoms with Gasteiger partial charge in [-0.1, -0.05) is 0 Å². The van der Waals surface area contributed by atoms with Crippen LogP contribution in [0.5, 0.6) is 0 Å². The van der Waals surface area contributed by atoms with Crippen LogP contribution in [-0.2, 0) is 19.0 Å². The lowest BCUT2D eigenvalue weighted by Gasteiger charge is -2.24. The number of esters is 1. The van der Waals surface area contributed by atoms with Crippen molar-refractivity contribution in [3.8, 4) is 0 Å². The van der Waals surface area contributed by atoms with E-state index in [1.165, 1.54) is 0 Å². The standard InChI is InChI=1S/C9H10O4/c1-9-3-2-11-8(10)4(3)5(13-9)6-7(9)12-6/h3-7H,2H2,1H3. The topological polar surface area (TPSA) is 48.1 Å². The van der Waals surface area contributed by atoms with Crippen molar-refractivity contribution in [2.75, 3.05) is 6.61 Å². The first-order valence-corrected chi connectivity index (χ1v) is 4.72. The molecule has 4 rings (SSSR count). The Morgan fingerprint density at radius 1 is 1.46 bits per heavy atom. The molecule has 0 radical (unpaired) electrons. The van der Waals surface area contributed by atoms with E-state index in [1.54, 1.807) is 0 Å². The summed E-state index contributed by atoms with van der Waals surface area (Å²) in [6.07, 6.45) is 0.389. The quantitative estimate of drug-likeness (QED) is 0.381. The number of carbonyl (C=O) groups is 1. The number of rotatable bonds is 0. The van der Waals surface area contributed by atoms with Gasteiger partial charge in [-0.3, -0.25) is 4.79 Å². The molecular weight excluding hydrogens is 172 g/mol. The highest BCUT2D eigenvalue weighted by molar-refractivity contribution is 5.77. The lowest BCUT2D eigenvalue weighted by molar-refractivity contribution is -0.146. The molecular formula is C9H10O4. The van der Waals surface area contributed by atoms with Crippen molar-refractivity contribution in [2.45, 2.75) is 30.8 Å². The van der Waals surface area contributed by atoms with Crippen LogP contribution in [-0.4, -0.2) is 36.5 Å². The summed E-state index contributed by atoms with van der Waals surface area (Å²) in [6.45, 7) is 2.56. The minimum Gasteiger partial charge on any atom is -0.465 e. The number of epoxide rings is 1. The second-order valence-corrected chi connectivity index (χ2v) is 4.55. The van der Waals surface area contributed by atoms with E-state index < -0.39 is 0 Å². The van der Waals surface area contributed by atoms with Crippen molar-refractivity contribution in [3.05, 3.63) is 0 Å². The van der Waals surface area contributed by atoms with Crippen molar-refractivity contribution >= 4 is 5.97 Å². The van der Waals surface area contributed by atoms with Crippen LogP contribution in [0.4, 0.5) is 0 Å². The van der Waals surface area contributed by atoms with Gasteiger partial charge >= 0.3 is 5.97 Å². The first-order valence-electron chi connectivity index (χ1n) is 4.72. The van der Waals surface area contributed by atoms with Crippen LogP contribution in [0.25, 0.3) is 0 Å². The predicted molar refractivity (Wildman–Crippen MR) is 39.9 cm³/mol. The molecule has 70 valence electrons. The number of ether oxygens (including phenoxy) is 3. The molecule has 4 aliphatic rings. The maximum absolute atomic E-state index is 11.4. The Kier molecular flexibility index (Phi) is 0.856. The minimum absolute atomic E-state index is 0.0185. The fourth-order valence-corrected chi connectivity index (χ4v) is 3.26. The Labute approximate surface area is 75.1 Å². The summed E-state index contributed by atoms with van der Waals surface area (Å²) in [4.78, 5) is 11.4. The van der Waals surface area contributed by atoms with Crippen LogP contribution in [0.15, 0.2) is 0 Å².